The van der Waals surface area contributed by atoms with Gasteiger partial charge in [0.1, 0.15) is 11.5 Å². The van der Waals surface area contributed by atoms with Crippen molar-refractivity contribution in [1.29, 1.82) is 0 Å². The molecule has 0 aromatic heterocycles. The van der Waals surface area contributed by atoms with Crippen molar-refractivity contribution < 1.29 is 9.90 Å². The van der Waals surface area contributed by atoms with E-state index in [1.165, 1.54) is 0 Å². The van der Waals surface area contributed by atoms with Gasteiger partial charge in [0.15, 0.2) is 0 Å². The Morgan fingerprint density at radius 3 is 2.62 bits per heavy atom. The van der Waals surface area contributed by atoms with Gasteiger partial charge in [-0.05, 0) is 23.6 Å². The first kappa shape index (κ1) is 12.7. The number of rotatable bonds is 5. The first-order chi connectivity index (χ1) is 7.54. The Labute approximate surface area is 96.3 Å². The Morgan fingerprint density at radius 1 is 1.44 bits per heavy atom. The number of carbonyl (C=O) groups excluding carboxylic acids is 1. The zero-order chi connectivity index (χ0) is 12.1. The number of phenolic OH excluding ortho intramolecular Hbond substituents is 1. The standard InChI is InChI=1S/C13H19NO2/c1-9(2)12(8-14)13(16)7-10-4-3-5-11(15)6-10/h3-6,9,12,15H,7-8,14H2,1-2H3. The Hall–Kier alpha value is -1.35. The Bertz CT molecular complexity index is 361. The number of carbonyl (C=O) groups is 1. The van der Waals surface area contributed by atoms with Crippen molar-refractivity contribution in [3.05, 3.63) is 29.8 Å². The van der Waals surface area contributed by atoms with Crippen LogP contribution in [0.4, 0.5) is 0 Å². The number of aromatic hydroxyl groups is 1. The van der Waals surface area contributed by atoms with Crippen molar-refractivity contribution >= 4 is 5.78 Å². The third-order valence-corrected chi connectivity index (χ3v) is 2.76. The minimum atomic E-state index is -0.0950. The highest BCUT2D eigenvalue weighted by molar-refractivity contribution is 5.83. The van der Waals surface area contributed by atoms with Gasteiger partial charge in [-0.25, -0.2) is 0 Å². The van der Waals surface area contributed by atoms with Gasteiger partial charge in [0.05, 0.1) is 0 Å². The Kier molecular flexibility index (Phi) is 4.50. The van der Waals surface area contributed by atoms with E-state index in [0.717, 1.165) is 5.56 Å². The lowest BCUT2D eigenvalue weighted by molar-refractivity contribution is -0.123. The van der Waals surface area contributed by atoms with Crippen LogP contribution >= 0.6 is 0 Å². The molecule has 0 heterocycles. The molecule has 1 aromatic carbocycles. The second-order valence-corrected chi connectivity index (χ2v) is 4.40. The van der Waals surface area contributed by atoms with E-state index in [4.69, 9.17) is 5.73 Å². The van der Waals surface area contributed by atoms with Crippen molar-refractivity contribution in [2.24, 2.45) is 17.6 Å². The van der Waals surface area contributed by atoms with E-state index >= 15 is 0 Å². The average molecular weight is 221 g/mol. The molecule has 88 valence electrons. The number of Topliss-reactive ketones (excluding diaryl/α,β-unsaturated/α-hetero) is 1. The molecule has 0 fully saturated rings. The van der Waals surface area contributed by atoms with Gasteiger partial charge in [-0.15, -0.1) is 0 Å². The molecule has 0 saturated carbocycles. The van der Waals surface area contributed by atoms with E-state index in [1.54, 1.807) is 18.2 Å². The van der Waals surface area contributed by atoms with Crippen LogP contribution in [-0.2, 0) is 11.2 Å². The van der Waals surface area contributed by atoms with Gasteiger partial charge in [0.25, 0.3) is 0 Å². The van der Waals surface area contributed by atoms with Crippen LogP contribution in [0.3, 0.4) is 0 Å². The molecule has 0 bridgehead atoms. The SMILES string of the molecule is CC(C)C(CN)C(=O)Cc1cccc(O)c1. The Balaban J connectivity index is 2.70. The molecule has 3 heteroatoms. The van der Waals surface area contributed by atoms with Crippen molar-refractivity contribution in [3.8, 4) is 5.75 Å². The van der Waals surface area contributed by atoms with Crippen LogP contribution in [0.1, 0.15) is 19.4 Å². The van der Waals surface area contributed by atoms with E-state index in [9.17, 15) is 9.90 Å². The van der Waals surface area contributed by atoms with Crippen LogP contribution in [-0.4, -0.2) is 17.4 Å². The first-order valence-corrected chi connectivity index (χ1v) is 5.55. The molecule has 0 saturated heterocycles. The lowest BCUT2D eigenvalue weighted by Gasteiger charge is -2.17. The predicted octanol–water partition coefficient (Wildman–Crippen LogP) is 1.73. The summed E-state index contributed by atoms with van der Waals surface area (Å²) in [7, 11) is 0. The fourth-order valence-electron chi connectivity index (χ4n) is 1.77. The Morgan fingerprint density at radius 2 is 2.12 bits per heavy atom. The third-order valence-electron chi connectivity index (χ3n) is 2.76. The molecule has 1 aromatic rings. The zero-order valence-electron chi connectivity index (χ0n) is 9.81. The summed E-state index contributed by atoms with van der Waals surface area (Å²) in [5.74, 6) is 0.499. The molecule has 0 aliphatic heterocycles. The van der Waals surface area contributed by atoms with Crippen molar-refractivity contribution in [2.75, 3.05) is 6.54 Å². The molecule has 0 amide bonds. The number of benzene rings is 1. The lowest BCUT2D eigenvalue weighted by Crippen LogP contribution is -2.29. The summed E-state index contributed by atoms with van der Waals surface area (Å²) in [6, 6.07) is 6.79. The van der Waals surface area contributed by atoms with Crippen LogP contribution in [0.5, 0.6) is 5.75 Å². The number of nitrogens with two attached hydrogens (primary N) is 1. The molecular weight excluding hydrogens is 202 g/mol. The second-order valence-electron chi connectivity index (χ2n) is 4.40. The van der Waals surface area contributed by atoms with Gasteiger partial charge >= 0.3 is 0 Å². The fourth-order valence-corrected chi connectivity index (χ4v) is 1.77. The summed E-state index contributed by atoms with van der Waals surface area (Å²) in [5, 5.41) is 9.29. The predicted molar refractivity (Wildman–Crippen MR) is 64.2 cm³/mol. The van der Waals surface area contributed by atoms with Crippen LogP contribution in [0.2, 0.25) is 0 Å². The van der Waals surface area contributed by atoms with Crippen LogP contribution < -0.4 is 5.73 Å². The van der Waals surface area contributed by atoms with Crippen molar-refractivity contribution in [3.63, 3.8) is 0 Å². The number of hydrogen-bond acceptors (Lipinski definition) is 3. The van der Waals surface area contributed by atoms with Gasteiger partial charge < -0.3 is 10.8 Å². The summed E-state index contributed by atoms with van der Waals surface area (Å²) < 4.78 is 0. The molecule has 16 heavy (non-hydrogen) atoms. The molecule has 1 rings (SSSR count). The molecule has 3 N–H and O–H groups in total. The van der Waals surface area contributed by atoms with Gasteiger partial charge in [-0.2, -0.15) is 0 Å². The smallest absolute Gasteiger partial charge is 0.141 e. The maximum atomic E-state index is 11.9. The molecular formula is C13H19NO2. The quantitative estimate of drug-likeness (QED) is 0.796. The topological polar surface area (TPSA) is 63.3 Å². The summed E-state index contributed by atoms with van der Waals surface area (Å²) >= 11 is 0. The monoisotopic (exact) mass is 221 g/mol. The largest absolute Gasteiger partial charge is 0.508 e. The second kappa shape index (κ2) is 5.66. The number of hydrogen-bond donors (Lipinski definition) is 2. The summed E-state index contributed by atoms with van der Waals surface area (Å²) in [6.45, 7) is 4.38. The van der Waals surface area contributed by atoms with Gasteiger partial charge in [0.2, 0.25) is 0 Å². The molecule has 0 aliphatic rings. The van der Waals surface area contributed by atoms with E-state index in [1.807, 2.05) is 19.9 Å². The highest BCUT2D eigenvalue weighted by Gasteiger charge is 2.20. The van der Waals surface area contributed by atoms with Gasteiger partial charge in [0, 0.05) is 18.9 Å². The molecule has 1 unspecified atom stereocenters. The number of phenols is 1. The molecule has 0 radical (unpaired) electrons. The molecule has 0 aliphatic carbocycles. The lowest BCUT2D eigenvalue weighted by atomic mass is 9.88. The zero-order valence-corrected chi connectivity index (χ0v) is 9.81. The molecule has 3 nitrogen and oxygen atoms in total. The summed E-state index contributed by atoms with van der Waals surface area (Å²) in [6.07, 6.45) is 0.342. The minimum Gasteiger partial charge on any atom is -0.508 e. The summed E-state index contributed by atoms with van der Waals surface area (Å²) in [5.41, 5.74) is 6.43. The summed E-state index contributed by atoms with van der Waals surface area (Å²) in [4.78, 5) is 11.9. The van der Waals surface area contributed by atoms with Gasteiger partial charge in [-0.1, -0.05) is 26.0 Å². The third kappa shape index (κ3) is 3.35. The van der Waals surface area contributed by atoms with Crippen molar-refractivity contribution in [2.45, 2.75) is 20.3 Å². The van der Waals surface area contributed by atoms with Crippen LogP contribution in [0.25, 0.3) is 0 Å². The highest BCUT2D eigenvalue weighted by Crippen LogP contribution is 2.16. The highest BCUT2D eigenvalue weighted by atomic mass is 16.3. The van der Waals surface area contributed by atoms with Crippen molar-refractivity contribution in [1.82, 2.24) is 0 Å². The molecule has 0 spiro atoms. The van der Waals surface area contributed by atoms with E-state index in [2.05, 4.69) is 0 Å². The maximum absolute atomic E-state index is 11.9. The van der Waals surface area contributed by atoms with Crippen LogP contribution in [0.15, 0.2) is 24.3 Å². The van der Waals surface area contributed by atoms with E-state index in [-0.39, 0.29) is 23.4 Å². The first-order valence-electron chi connectivity index (χ1n) is 5.55. The molecule has 1 atom stereocenters. The average Bonchev–Trinajstić information content (AvgIpc) is 2.17. The van der Waals surface area contributed by atoms with E-state index < -0.39 is 0 Å². The maximum Gasteiger partial charge on any atom is 0.141 e. The fraction of sp³-hybridized carbons (Fsp3) is 0.462. The van der Waals surface area contributed by atoms with E-state index in [0.29, 0.717) is 13.0 Å². The van der Waals surface area contributed by atoms with Gasteiger partial charge in [-0.3, -0.25) is 4.79 Å². The van der Waals surface area contributed by atoms with Crippen LogP contribution in [0, 0.1) is 11.8 Å². The number of ketones is 1. The minimum absolute atomic E-state index is 0.0950. The normalized spacial score (nSPS) is 12.8.